The number of esters is 1. The Hall–Kier alpha value is -4.19. The van der Waals surface area contributed by atoms with Crippen molar-refractivity contribution in [2.24, 2.45) is 5.41 Å². The number of hydrogen-bond donors (Lipinski definition) is 5. The fourth-order valence-corrected chi connectivity index (χ4v) is 6.19. The number of nitrogens with one attached hydrogen (secondary N) is 2. The Morgan fingerprint density at radius 1 is 1.12 bits per heavy atom. The standard InChI is InChI=1S/C31H35F3N5O9PS/c1-5-35-29(43)38-25-12-18(27-37-23(16-50-27)31(32,33)34)20(13-36-25)17-7-8-22-19(11-17)26(41)21(14-39(22)24(15-40)30(2,3)4)28(42)47-9-6-10-48-49(44,45)46/h7-8,11-14,16,24,40H,5-6,9-10,15H2,1-4H3,(H2,44,45,46)(H2,35,36,38,43). The van der Waals surface area contributed by atoms with Crippen molar-refractivity contribution in [3.8, 4) is 21.7 Å². The highest BCUT2D eigenvalue weighted by molar-refractivity contribution is 7.46. The Morgan fingerprint density at radius 2 is 1.84 bits per heavy atom. The summed E-state index contributed by atoms with van der Waals surface area (Å²) >= 11 is 0.719. The van der Waals surface area contributed by atoms with E-state index in [1.54, 1.807) is 23.6 Å². The summed E-state index contributed by atoms with van der Waals surface area (Å²) in [6, 6.07) is 4.73. The van der Waals surface area contributed by atoms with E-state index in [0.717, 1.165) is 16.7 Å². The van der Waals surface area contributed by atoms with Crippen molar-refractivity contribution in [2.45, 2.75) is 46.3 Å². The zero-order chi connectivity index (χ0) is 37.0. The normalized spacial score (nSPS) is 12.9. The van der Waals surface area contributed by atoms with Crippen LogP contribution in [0.15, 0.2) is 46.8 Å². The number of anilines is 1. The van der Waals surface area contributed by atoms with Gasteiger partial charge in [-0.2, -0.15) is 13.2 Å². The van der Waals surface area contributed by atoms with Gasteiger partial charge in [0.15, 0.2) is 5.69 Å². The average molecular weight is 742 g/mol. The minimum atomic E-state index is -4.73. The topological polar surface area (TPSA) is 202 Å². The smallest absolute Gasteiger partial charge is 0.462 e. The SMILES string of the molecule is CCNC(=O)Nc1cc(-c2nc(C(F)(F)F)cs2)c(-c2ccc3c(c2)c(=O)c(C(=O)OCCCOP(=O)(O)O)cn3C(CO)C(C)(C)C)cn1. The van der Waals surface area contributed by atoms with Gasteiger partial charge < -0.3 is 29.5 Å². The fourth-order valence-electron chi connectivity index (χ4n) is 4.97. The Balaban J connectivity index is 1.88. The van der Waals surface area contributed by atoms with E-state index in [-0.39, 0.29) is 47.0 Å². The molecule has 4 rings (SSSR count). The first-order valence-electron chi connectivity index (χ1n) is 15.1. The summed E-state index contributed by atoms with van der Waals surface area (Å²) in [5, 5.41) is 16.3. The van der Waals surface area contributed by atoms with Crippen LogP contribution >= 0.6 is 19.2 Å². The third-order valence-corrected chi connectivity index (χ3v) is 8.76. The lowest BCUT2D eigenvalue weighted by atomic mass is 9.86. The summed E-state index contributed by atoms with van der Waals surface area (Å²) in [4.78, 5) is 65.0. The molecule has 0 saturated heterocycles. The number of hydrogen-bond acceptors (Lipinski definition) is 10. The van der Waals surface area contributed by atoms with Gasteiger partial charge in [0.25, 0.3) is 0 Å². The summed E-state index contributed by atoms with van der Waals surface area (Å²) in [6.45, 7) is 6.42. The predicted octanol–water partition coefficient (Wildman–Crippen LogP) is 5.58. The van der Waals surface area contributed by atoms with Crippen molar-refractivity contribution in [3.63, 3.8) is 0 Å². The molecular weight excluding hydrogens is 706 g/mol. The zero-order valence-corrected chi connectivity index (χ0v) is 29.0. The summed E-state index contributed by atoms with van der Waals surface area (Å²) < 4.78 is 62.6. The maximum absolute atomic E-state index is 13.9. The van der Waals surface area contributed by atoms with Gasteiger partial charge in [0.2, 0.25) is 5.43 Å². The molecule has 0 aliphatic carbocycles. The molecule has 2 amide bonds. The maximum atomic E-state index is 13.9. The second-order valence-electron chi connectivity index (χ2n) is 12.0. The molecule has 0 saturated carbocycles. The highest BCUT2D eigenvalue weighted by atomic mass is 32.1. The molecule has 270 valence electrons. The van der Waals surface area contributed by atoms with Gasteiger partial charge in [-0.3, -0.25) is 14.6 Å². The van der Waals surface area contributed by atoms with E-state index in [1.807, 2.05) is 20.8 Å². The van der Waals surface area contributed by atoms with Crippen molar-refractivity contribution in [2.75, 3.05) is 31.7 Å². The molecule has 1 unspecified atom stereocenters. The zero-order valence-electron chi connectivity index (χ0n) is 27.3. The van der Waals surface area contributed by atoms with Crippen LogP contribution in [0.5, 0.6) is 0 Å². The lowest BCUT2D eigenvalue weighted by Gasteiger charge is -2.33. The number of fused-ring (bicyclic) bond motifs is 1. The van der Waals surface area contributed by atoms with E-state index in [2.05, 4.69) is 25.1 Å². The van der Waals surface area contributed by atoms with E-state index in [9.17, 15) is 37.2 Å². The fraction of sp³-hybridized carbons (Fsp3) is 0.387. The molecule has 0 aliphatic heterocycles. The number of rotatable bonds is 12. The molecule has 1 aromatic carbocycles. The van der Waals surface area contributed by atoms with Crippen LogP contribution < -0.4 is 16.1 Å². The molecule has 3 heterocycles. The highest BCUT2D eigenvalue weighted by Crippen LogP contribution is 2.40. The largest absolute Gasteiger partial charge is 0.469 e. The number of phosphoric ester groups is 1. The monoisotopic (exact) mass is 741 g/mol. The number of nitrogens with zero attached hydrogens (tertiary/aromatic N) is 3. The quantitative estimate of drug-likeness (QED) is 0.0689. The molecule has 0 spiro atoms. The first-order valence-corrected chi connectivity index (χ1v) is 17.5. The number of aliphatic hydroxyl groups excluding tert-OH is 1. The predicted molar refractivity (Wildman–Crippen MR) is 179 cm³/mol. The summed E-state index contributed by atoms with van der Waals surface area (Å²) in [5.74, 6) is -1.02. The van der Waals surface area contributed by atoms with E-state index < -0.39 is 60.7 Å². The lowest BCUT2D eigenvalue weighted by Crippen LogP contribution is -2.31. The number of benzene rings is 1. The number of urea groups is 1. The Labute approximate surface area is 287 Å². The van der Waals surface area contributed by atoms with Crippen LogP contribution in [0.3, 0.4) is 0 Å². The molecule has 0 aliphatic rings. The third-order valence-electron chi connectivity index (χ3n) is 7.36. The van der Waals surface area contributed by atoms with Gasteiger partial charge >= 0.3 is 26.0 Å². The van der Waals surface area contributed by atoms with Crippen LogP contribution in [-0.4, -0.2) is 67.8 Å². The first kappa shape index (κ1) is 38.6. The number of phosphoric acid groups is 1. The van der Waals surface area contributed by atoms with Crippen LogP contribution in [0.1, 0.15) is 56.2 Å². The molecule has 50 heavy (non-hydrogen) atoms. The Bertz CT molecular complexity index is 1990. The van der Waals surface area contributed by atoms with Crippen molar-refractivity contribution in [1.82, 2.24) is 19.9 Å². The number of amides is 2. The number of ether oxygens (including phenoxy) is 1. The molecule has 0 radical (unpaired) electrons. The van der Waals surface area contributed by atoms with Crippen molar-refractivity contribution in [1.29, 1.82) is 0 Å². The molecule has 14 nitrogen and oxygen atoms in total. The molecule has 0 fully saturated rings. The second kappa shape index (κ2) is 15.4. The van der Waals surface area contributed by atoms with Crippen molar-refractivity contribution in [3.05, 3.63) is 63.5 Å². The minimum Gasteiger partial charge on any atom is -0.462 e. The molecular formula is C31H35F3N5O9PS. The third kappa shape index (κ3) is 9.32. The Morgan fingerprint density at radius 3 is 2.44 bits per heavy atom. The van der Waals surface area contributed by atoms with Crippen LogP contribution in [0, 0.1) is 5.41 Å². The molecule has 0 bridgehead atoms. The molecule has 19 heteroatoms. The minimum absolute atomic E-state index is 0.00933. The van der Waals surface area contributed by atoms with Gasteiger partial charge in [-0.1, -0.05) is 26.8 Å². The number of aromatic nitrogens is 3. The van der Waals surface area contributed by atoms with Crippen molar-refractivity contribution >= 4 is 47.9 Å². The summed E-state index contributed by atoms with van der Waals surface area (Å²) in [6.07, 6.45) is -2.22. The molecule has 1 atom stereocenters. The average Bonchev–Trinajstić information content (AvgIpc) is 3.52. The van der Waals surface area contributed by atoms with Crippen LogP contribution in [0.25, 0.3) is 32.6 Å². The molecule has 5 N–H and O–H groups in total. The van der Waals surface area contributed by atoms with Gasteiger partial charge in [0.05, 0.1) is 31.4 Å². The van der Waals surface area contributed by atoms with Crippen LogP contribution in [-0.2, 0) is 20.0 Å². The number of pyridine rings is 2. The number of thiazole rings is 1. The lowest BCUT2D eigenvalue weighted by molar-refractivity contribution is -0.140. The molecule has 4 aromatic rings. The maximum Gasteiger partial charge on any atom is 0.469 e. The van der Waals surface area contributed by atoms with E-state index in [1.165, 1.54) is 24.5 Å². The van der Waals surface area contributed by atoms with E-state index in [4.69, 9.17) is 14.5 Å². The number of carbonyl (C=O) groups excluding carboxylic acids is 2. The van der Waals surface area contributed by atoms with Gasteiger partial charge in [-0.15, -0.1) is 11.3 Å². The number of aliphatic hydroxyl groups is 1. The van der Waals surface area contributed by atoms with Gasteiger partial charge in [0, 0.05) is 47.3 Å². The van der Waals surface area contributed by atoms with Crippen LogP contribution in [0.2, 0.25) is 0 Å². The second-order valence-corrected chi connectivity index (χ2v) is 14.1. The first-order chi connectivity index (χ1) is 23.3. The highest BCUT2D eigenvalue weighted by Gasteiger charge is 2.34. The number of halogens is 3. The van der Waals surface area contributed by atoms with Gasteiger partial charge in [0.1, 0.15) is 16.4 Å². The van der Waals surface area contributed by atoms with Gasteiger partial charge in [-0.25, -0.2) is 24.1 Å². The van der Waals surface area contributed by atoms with Crippen molar-refractivity contribution < 1.29 is 51.5 Å². The Kier molecular flexibility index (Phi) is 11.9. The number of alkyl halides is 3. The number of carbonyl (C=O) groups is 2. The summed E-state index contributed by atoms with van der Waals surface area (Å²) in [7, 11) is -4.73. The molecule has 3 aromatic heterocycles. The summed E-state index contributed by atoms with van der Waals surface area (Å²) in [5.41, 5.74) is -1.78. The van der Waals surface area contributed by atoms with Gasteiger partial charge in [-0.05, 0) is 36.1 Å². The van der Waals surface area contributed by atoms with Crippen LogP contribution in [0.4, 0.5) is 23.8 Å². The van der Waals surface area contributed by atoms with E-state index in [0.29, 0.717) is 17.6 Å². The van der Waals surface area contributed by atoms with E-state index >= 15 is 0 Å².